The summed E-state index contributed by atoms with van der Waals surface area (Å²) >= 11 is 0. The van der Waals surface area contributed by atoms with Gasteiger partial charge in [-0.1, -0.05) is 61.9 Å². The zero-order chi connectivity index (χ0) is 15.6. The fraction of sp³-hybridized carbons (Fsp3) is 0.350. The first-order chi connectivity index (χ1) is 10.6. The van der Waals surface area contributed by atoms with E-state index in [1.165, 1.54) is 23.1 Å². The number of carbonyl (C=O) groups excluding carboxylic acids is 1. The molecule has 0 aromatic heterocycles. The molecule has 0 saturated heterocycles. The second kappa shape index (κ2) is 5.96. The molecule has 22 heavy (non-hydrogen) atoms. The zero-order valence-corrected chi connectivity index (χ0v) is 13.4. The van der Waals surface area contributed by atoms with Gasteiger partial charge in [0.2, 0.25) is 5.91 Å². The molecule has 3 rings (SSSR count). The van der Waals surface area contributed by atoms with Gasteiger partial charge in [-0.3, -0.25) is 4.79 Å². The number of nitrogens with one attached hydrogen (secondary N) is 1. The van der Waals surface area contributed by atoms with E-state index in [0.29, 0.717) is 6.54 Å². The molecule has 2 aromatic rings. The summed E-state index contributed by atoms with van der Waals surface area (Å²) in [7, 11) is 0. The van der Waals surface area contributed by atoms with E-state index in [1.807, 2.05) is 0 Å². The molecule has 1 fully saturated rings. The first-order valence-corrected chi connectivity index (χ1v) is 8.02. The predicted octanol–water partition coefficient (Wildman–Crippen LogP) is 4.47. The Bertz CT molecular complexity index is 668. The molecule has 0 bridgehead atoms. The van der Waals surface area contributed by atoms with Crippen molar-refractivity contribution in [2.75, 3.05) is 0 Å². The minimum absolute atomic E-state index is 0.124. The molecule has 1 aliphatic carbocycles. The summed E-state index contributed by atoms with van der Waals surface area (Å²) in [5, 5.41) is 3.07. The van der Waals surface area contributed by atoms with E-state index in [9.17, 15) is 4.79 Å². The lowest BCUT2D eigenvalue weighted by Crippen LogP contribution is -2.43. The van der Waals surface area contributed by atoms with Crippen LogP contribution in [-0.2, 0) is 11.3 Å². The molecule has 1 amide bonds. The number of hydrogen-bond acceptors (Lipinski definition) is 1. The van der Waals surface area contributed by atoms with Crippen LogP contribution in [-0.4, -0.2) is 5.91 Å². The number of rotatable bonds is 4. The fourth-order valence-corrected chi connectivity index (χ4v) is 3.03. The highest BCUT2D eigenvalue weighted by atomic mass is 16.2. The van der Waals surface area contributed by atoms with Crippen molar-refractivity contribution in [1.29, 1.82) is 0 Å². The Labute approximate surface area is 132 Å². The highest BCUT2D eigenvalue weighted by molar-refractivity contribution is 5.83. The normalized spacial score (nSPS) is 15.9. The van der Waals surface area contributed by atoms with Gasteiger partial charge in [-0.15, -0.1) is 0 Å². The molecule has 0 radical (unpaired) electrons. The number of hydrogen-bond donors (Lipinski definition) is 1. The Kier molecular flexibility index (Phi) is 4.02. The zero-order valence-electron chi connectivity index (χ0n) is 13.4. The Morgan fingerprint density at radius 1 is 1.09 bits per heavy atom. The molecule has 0 aliphatic heterocycles. The maximum Gasteiger partial charge on any atom is 0.226 e. The highest BCUT2D eigenvalue weighted by Crippen LogP contribution is 2.40. The van der Waals surface area contributed by atoms with Gasteiger partial charge in [0, 0.05) is 12.0 Å². The molecule has 2 heteroatoms. The Hall–Kier alpha value is -2.09. The van der Waals surface area contributed by atoms with Crippen molar-refractivity contribution in [3.8, 4) is 11.1 Å². The SMILES string of the molecule is Cc1ccccc1-c1ccc(CNC(=O)C2(C)CCC2)cc1. The second-order valence-electron chi connectivity index (χ2n) is 6.61. The summed E-state index contributed by atoms with van der Waals surface area (Å²) < 4.78 is 0. The summed E-state index contributed by atoms with van der Waals surface area (Å²) in [5.41, 5.74) is 4.79. The molecular formula is C20H23NO. The van der Waals surface area contributed by atoms with Crippen LogP contribution in [0.15, 0.2) is 48.5 Å². The molecular weight excluding hydrogens is 270 g/mol. The molecule has 0 unspecified atom stereocenters. The van der Waals surface area contributed by atoms with Crippen LogP contribution in [0.2, 0.25) is 0 Å². The van der Waals surface area contributed by atoms with Crippen LogP contribution in [0.1, 0.15) is 37.3 Å². The van der Waals surface area contributed by atoms with Crippen LogP contribution in [0.4, 0.5) is 0 Å². The number of benzene rings is 2. The van der Waals surface area contributed by atoms with Gasteiger partial charge >= 0.3 is 0 Å². The lowest BCUT2D eigenvalue weighted by atomic mass is 9.70. The molecule has 1 aliphatic rings. The van der Waals surface area contributed by atoms with Crippen LogP contribution in [0.3, 0.4) is 0 Å². The quantitative estimate of drug-likeness (QED) is 0.885. The summed E-state index contributed by atoms with van der Waals surface area (Å²) in [4.78, 5) is 12.1. The Morgan fingerprint density at radius 3 is 2.36 bits per heavy atom. The largest absolute Gasteiger partial charge is 0.352 e. The maximum atomic E-state index is 12.1. The molecule has 0 spiro atoms. The first-order valence-electron chi connectivity index (χ1n) is 8.02. The molecule has 1 N–H and O–H groups in total. The van der Waals surface area contributed by atoms with Gasteiger partial charge in [0.25, 0.3) is 0 Å². The predicted molar refractivity (Wildman–Crippen MR) is 90.4 cm³/mol. The van der Waals surface area contributed by atoms with Crippen molar-refractivity contribution in [2.24, 2.45) is 5.41 Å². The van der Waals surface area contributed by atoms with Crippen LogP contribution in [0.25, 0.3) is 11.1 Å². The topological polar surface area (TPSA) is 29.1 Å². The van der Waals surface area contributed by atoms with E-state index in [0.717, 1.165) is 18.4 Å². The fourth-order valence-electron chi connectivity index (χ4n) is 3.03. The minimum atomic E-state index is -0.124. The van der Waals surface area contributed by atoms with Gasteiger partial charge in [0.15, 0.2) is 0 Å². The average Bonchev–Trinajstić information content (AvgIpc) is 2.51. The maximum absolute atomic E-state index is 12.1. The van der Waals surface area contributed by atoms with Crippen LogP contribution in [0, 0.1) is 12.3 Å². The smallest absolute Gasteiger partial charge is 0.226 e. The second-order valence-corrected chi connectivity index (χ2v) is 6.61. The molecule has 0 heterocycles. The van der Waals surface area contributed by atoms with Crippen molar-refractivity contribution < 1.29 is 4.79 Å². The van der Waals surface area contributed by atoms with Crippen LogP contribution < -0.4 is 5.32 Å². The molecule has 0 atom stereocenters. The first kappa shape index (κ1) is 14.8. The lowest BCUT2D eigenvalue weighted by Gasteiger charge is -2.36. The van der Waals surface area contributed by atoms with E-state index in [1.54, 1.807) is 0 Å². The minimum Gasteiger partial charge on any atom is -0.352 e. The van der Waals surface area contributed by atoms with Gasteiger partial charge in [-0.25, -0.2) is 0 Å². The third-order valence-electron chi connectivity index (χ3n) is 4.87. The van der Waals surface area contributed by atoms with Crippen LogP contribution in [0.5, 0.6) is 0 Å². The van der Waals surface area contributed by atoms with Crippen molar-refractivity contribution in [1.82, 2.24) is 5.32 Å². The summed E-state index contributed by atoms with van der Waals surface area (Å²) in [6.45, 7) is 4.80. The number of amides is 1. The van der Waals surface area contributed by atoms with Gasteiger partial charge in [0.1, 0.15) is 0 Å². The monoisotopic (exact) mass is 293 g/mol. The lowest BCUT2D eigenvalue weighted by molar-refractivity contribution is -0.134. The van der Waals surface area contributed by atoms with Crippen LogP contribution >= 0.6 is 0 Å². The van der Waals surface area contributed by atoms with E-state index < -0.39 is 0 Å². The Balaban J connectivity index is 1.65. The third kappa shape index (κ3) is 2.92. The van der Waals surface area contributed by atoms with Crippen molar-refractivity contribution in [3.05, 3.63) is 59.7 Å². The van der Waals surface area contributed by atoms with E-state index in [2.05, 4.69) is 67.7 Å². The van der Waals surface area contributed by atoms with E-state index >= 15 is 0 Å². The standard InChI is InChI=1S/C20H23NO/c1-15-6-3-4-7-18(15)17-10-8-16(9-11-17)14-21-19(22)20(2)12-5-13-20/h3-4,6-11H,5,12-14H2,1-2H3,(H,21,22). The van der Waals surface area contributed by atoms with E-state index in [-0.39, 0.29) is 11.3 Å². The van der Waals surface area contributed by atoms with Crippen molar-refractivity contribution >= 4 is 5.91 Å². The van der Waals surface area contributed by atoms with E-state index in [4.69, 9.17) is 0 Å². The number of carbonyl (C=O) groups is 1. The van der Waals surface area contributed by atoms with Crippen molar-refractivity contribution in [3.63, 3.8) is 0 Å². The van der Waals surface area contributed by atoms with Gasteiger partial charge in [-0.2, -0.15) is 0 Å². The van der Waals surface area contributed by atoms with Gasteiger partial charge < -0.3 is 5.32 Å². The van der Waals surface area contributed by atoms with Crippen molar-refractivity contribution in [2.45, 2.75) is 39.7 Å². The molecule has 114 valence electrons. The molecule has 2 aromatic carbocycles. The third-order valence-corrected chi connectivity index (χ3v) is 4.87. The molecule has 2 nitrogen and oxygen atoms in total. The van der Waals surface area contributed by atoms with Gasteiger partial charge in [0.05, 0.1) is 0 Å². The number of aryl methyl sites for hydroxylation is 1. The Morgan fingerprint density at radius 2 is 1.77 bits per heavy atom. The summed E-state index contributed by atoms with van der Waals surface area (Å²) in [6.07, 6.45) is 3.21. The van der Waals surface area contributed by atoms with Gasteiger partial charge in [-0.05, 0) is 42.0 Å². The summed E-state index contributed by atoms with van der Waals surface area (Å²) in [6, 6.07) is 16.9. The summed E-state index contributed by atoms with van der Waals surface area (Å²) in [5.74, 6) is 0.196. The molecule has 1 saturated carbocycles. The highest BCUT2D eigenvalue weighted by Gasteiger charge is 2.38. The average molecular weight is 293 g/mol.